The van der Waals surface area contributed by atoms with Gasteiger partial charge in [-0.15, -0.1) is 0 Å². The van der Waals surface area contributed by atoms with Gasteiger partial charge in [-0.25, -0.2) is 0 Å². The van der Waals surface area contributed by atoms with Crippen LogP contribution in [0.3, 0.4) is 0 Å². The van der Waals surface area contributed by atoms with Gasteiger partial charge in [-0.3, -0.25) is 9.78 Å². The van der Waals surface area contributed by atoms with Gasteiger partial charge < -0.3 is 10.4 Å². The topological polar surface area (TPSA) is 62.2 Å². The summed E-state index contributed by atoms with van der Waals surface area (Å²) in [5, 5.41) is 12.3. The quantitative estimate of drug-likeness (QED) is 0.841. The molecule has 1 amide bonds. The summed E-state index contributed by atoms with van der Waals surface area (Å²) in [7, 11) is 0. The molecule has 5 heteroatoms. The van der Waals surface area contributed by atoms with Crippen molar-refractivity contribution in [1.29, 1.82) is 0 Å². The predicted octanol–water partition coefficient (Wildman–Crippen LogP) is 1.50. The first-order valence-electron chi connectivity index (χ1n) is 5.06. The smallest absolute Gasteiger partial charge is 0.222 e. The molecule has 1 heterocycles. The Morgan fingerprint density at radius 1 is 1.56 bits per heavy atom. The summed E-state index contributed by atoms with van der Waals surface area (Å²) in [6.45, 7) is 3.81. The van der Waals surface area contributed by atoms with Gasteiger partial charge in [-0.1, -0.05) is 25.4 Å². The highest BCUT2D eigenvalue weighted by Gasteiger charge is 2.10. The lowest BCUT2D eigenvalue weighted by molar-refractivity contribution is -0.124. The average molecular weight is 243 g/mol. The third-order valence-corrected chi connectivity index (χ3v) is 2.56. The van der Waals surface area contributed by atoms with Crippen LogP contribution < -0.4 is 5.32 Å². The summed E-state index contributed by atoms with van der Waals surface area (Å²) in [6.07, 6.45) is 3.07. The van der Waals surface area contributed by atoms with E-state index in [2.05, 4.69) is 10.3 Å². The fourth-order valence-corrected chi connectivity index (χ4v) is 1.46. The van der Waals surface area contributed by atoms with Gasteiger partial charge in [-0.05, 0) is 5.56 Å². The summed E-state index contributed by atoms with van der Waals surface area (Å²) >= 11 is 5.87. The second kappa shape index (κ2) is 5.82. The summed E-state index contributed by atoms with van der Waals surface area (Å²) in [5.74, 6) is -0.103. The van der Waals surface area contributed by atoms with Gasteiger partial charge in [0.05, 0.1) is 11.6 Å². The van der Waals surface area contributed by atoms with Crippen molar-refractivity contribution in [2.75, 3.05) is 0 Å². The van der Waals surface area contributed by atoms with Gasteiger partial charge in [0.25, 0.3) is 0 Å². The minimum Gasteiger partial charge on any atom is -0.392 e. The van der Waals surface area contributed by atoms with Crippen LogP contribution in [0.5, 0.6) is 0 Å². The lowest BCUT2D eigenvalue weighted by atomic mass is 10.1. The van der Waals surface area contributed by atoms with Crippen molar-refractivity contribution in [3.63, 3.8) is 0 Å². The van der Waals surface area contributed by atoms with Crippen LogP contribution in [0.25, 0.3) is 0 Å². The molecule has 0 bridgehead atoms. The first kappa shape index (κ1) is 12.9. The highest BCUT2D eigenvalue weighted by Crippen LogP contribution is 2.18. The number of nitrogens with zero attached hydrogens (tertiary/aromatic N) is 1. The van der Waals surface area contributed by atoms with Crippen LogP contribution in [0, 0.1) is 5.92 Å². The molecule has 0 aliphatic carbocycles. The molecule has 0 fully saturated rings. The zero-order valence-electron chi connectivity index (χ0n) is 9.33. The van der Waals surface area contributed by atoms with Crippen molar-refractivity contribution in [2.24, 2.45) is 5.92 Å². The molecular formula is C11H15ClN2O2. The number of carbonyl (C=O) groups excluding carboxylic acids is 1. The second-order valence-corrected chi connectivity index (χ2v) is 4.20. The number of pyridine rings is 1. The van der Waals surface area contributed by atoms with Crippen molar-refractivity contribution in [2.45, 2.75) is 27.0 Å². The van der Waals surface area contributed by atoms with Gasteiger partial charge in [0.1, 0.15) is 0 Å². The Labute approximate surface area is 99.6 Å². The van der Waals surface area contributed by atoms with E-state index in [4.69, 9.17) is 16.7 Å². The zero-order chi connectivity index (χ0) is 12.1. The number of halogens is 1. The maximum absolute atomic E-state index is 11.4. The largest absolute Gasteiger partial charge is 0.392 e. The lowest BCUT2D eigenvalue weighted by Crippen LogP contribution is -2.27. The molecule has 0 atom stereocenters. The number of hydrogen-bond donors (Lipinski definition) is 2. The normalized spacial score (nSPS) is 10.6. The Bertz CT molecular complexity index is 380. The van der Waals surface area contributed by atoms with E-state index in [1.54, 1.807) is 6.20 Å². The fraction of sp³-hybridized carbons (Fsp3) is 0.455. The molecule has 1 aromatic heterocycles. The monoisotopic (exact) mass is 242 g/mol. The second-order valence-electron chi connectivity index (χ2n) is 3.79. The first-order chi connectivity index (χ1) is 7.56. The molecular weight excluding hydrogens is 228 g/mol. The minimum atomic E-state index is -0.158. The molecule has 88 valence electrons. The number of nitrogens with one attached hydrogen (secondary N) is 1. The summed E-state index contributed by atoms with van der Waals surface area (Å²) in [6, 6.07) is 0. The molecule has 4 nitrogen and oxygen atoms in total. The molecule has 0 aromatic carbocycles. The van der Waals surface area contributed by atoms with Gasteiger partial charge in [0.15, 0.2) is 0 Å². The lowest BCUT2D eigenvalue weighted by Gasteiger charge is -2.11. The van der Waals surface area contributed by atoms with Gasteiger partial charge in [0, 0.05) is 30.4 Å². The van der Waals surface area contributed by atoms with Gasteiger partial charge >= 0.3 is 0 Å². The van der Waals surface area contributed by atoms with E-state index in [1.807, 2.05) is 13.8 Å². The maximum atomic E-state index is 11.4. The Hall–Kier alpha value is -1.13. The molecule has 16 heavy (non-hydrogen) atoms. The number of rotatable bonds is 4. The van der Waals surface area contributed by atoms with E-state index in [1.165, 1.54) is 6.20 Å². The number of aliphatic hydroxyl groups excluding tert-OH is 1. The molecule has 0 unspecified atom stereocenters. The van der Waals surface area contributed by atoms with E-state index >= 15 is 0 Å². The third kappa shape index (κ3) is 3.18. The standard InChI is InChI=1S/C11H15ClN2O2/c1-7(2)11(16)14-4-8-3-13-5-10(12)9(8)6-15/h3,5,7,15H,4,6H2,1-2H3,(H,14,16). The molecule has 0 saturated carbocycles. The zero-order valence-corrected chi connectivity index (χ0v) is 10.1. The average Bonchev–Trinajstić information content (AvgIpc) is 2.25. The van der Waals surface area contributed by atoms with Crippen molar-refractivity contribution < 1.29 is 9.90 Å². The predicted molar refractivity (Wildman–Crippen MR) is 61.9 cm³/mol. The maximum Gasteiger partial charge on any atom is 0.222 e. The van der Waals surface area contributed by atoms with Crippen LogP contribution >= 0.6 is 11.6 Å². The van der Waals surface area contributed by atoms with Crippen LogP contribution in [0.15, 0.2) is 12.4 Å². The van der Waals surface area contributed by atoms with E-state index < -0.39 is 0 Å². The van der Waals surface area contributed by atoms with Crippen LogP contribution in [-0.2, 0) is 17.9 Å². The molecule has 0 radical (unpaired) electrons. The first-order valence-corrected chi connectivity index (χ1v) is 5.44. The van der Waals surface area contributed by atoms with Crippen LogP contribution in [-0.4, -0.2) is 16.0 Å². The van der Waals surface area contributed by atoms with E-state index in [0.29, 0.717) is 17.1 Å². The van der Waals surface area contributed by atoms with E-state index in [-0.39, 0.29) is 18.4 Å². The SMILES string of the molecule is CC(C)C(=O)NCc1cncc(Cl)c1CO. The van der Waals surface area contributed by atoms with Gasteiger partial charge in [0.2, 0.25) is 5.91 Å². The Morgan fingerprint density at radius 2 is 2.25 bits per heavy atom. The van der Waals surface area contributed by atoms with Crippen LogP contribution in [0.1, 0.15) is 25.0 Å². The molecule has 1 aromatic rings. The Morgan fingerprint density at radius 3 is 2.81 bits per heavy atom. The van der Waals surface area contributed by atoms with Crippen molar-refractivity contribution >= 4 is 17.5 Å². The fourth-order valence-electron chi connectivity index (χ4n) is 1.22. The summed E-state index contributed by atoms with van der Waals surface area (Å²) < 4.78 is 0. The molecule has 0 saturated heterocycles. The minimum absolute atomic E-state index is 0.0381. The number of aromatic nitrogens is 1. The highest BCUT2D eigenvalue weighted by atomic mass is 35.5. The summed E-state index contributed by atoms with van der Waals surface area (Å²) in [5.41, 5.74) is 1.35. The number of aliphatic hydroxyl groups is 1. The Kier molecular flexibility index (Phi) is 4.71. The molecule has 0 spiro atoms. The number of amides is 1. The number of carbonyl (C=O) groups is 1. The molecule has 1 rings (SSSR count). The van der Waals surface area contributed by atoms with E-state index in [0.717, 1.165) is 5.56 Å². The Balaban J connectivity index is 2.74. The van der Waals surface area contributed by atoms with Crippen LogP contribution in [0.4, 0.5) is 0 Å². The van der Waals surface area contributed by atoms with Gasteiger partial charge in [-0.2, -0.15) is 0 Å². The van der Waals surface area contributed by atoms with Crippen molar-refractivity contribution in [1.82, 2.24) is 10.3 Å². The molecule has 2 N–H and O–H groups in total. The number of hydrogen-bond acceptors (Lipinski definition) is 3. The highest BCUT2D eigenvalue weighted by molar-refractivity contribution is 6.31. The van der Waals surface area contributed by atoms with Crippen molar-refractivity contribution in [3.05, 3.63) is 28.5 Å². The summed E-state index contributed by atoms with van der Waals surface area (Å²) in [4.78, 5) is 15.3. The van der Waals surface area contributed by atoms with Crippen molar-refractivity contribution in [3.8, 4) is 0 Å². The van der Waals surface area contributed by atoms with E-state index in [9.17, 15) is 4.79 Å². The van der Waals surface area contributed by atoms with Crippen LogP contribution in [0.2, 0.25) is 5.02 Å². The molecule has 0 aliphatic rings. The molecule has 0 aliphatic heterocycles. The third-order valence-electron chi connectivity index (χ3n) is 2.23.